The molecule has 1 heterocycles. The molecule has 1 aromatic heterocycles. The molecule has 0 amide bonds. The van der Waals surface area contributed by atoms with Gasteiger partial charge in [0.05, 0.1) is 5.69 Å². The highest BCUT2D eigenvalue weighted by Crippen LogP contribution is 2.32. The number of hydrogen-bond acceptors (Lipinski definition) is 4. The Morgan fingerprint density at radius 2 is 2.15 bits per heavy atom. The van der Waals surface area contributed by atoms with E-state index in [2.05, 4.69) is 17.2 Å². The lowest BCUT2D eigenvalue weighted by atomic mass is 10.2. The second-order valence-corrected chi connectivity index (χ2v) is 6.08. The average Bonchev–Trinajstić information content (AvgIpc) is 2.72. The molecule has 5 heteroatoms. The second-order valence-electron chi connectivity index (χ2n) is 4.65. The van der Waals surface area contributed by atoms with E-state index in [4.69, 9.17) is 16.0 Å². The highest BCUT2D eigenvalue weighted by atomic mass is 35.5. The summed E-state index contributed by atoms with van der Waals surface area (Å²) < 4.78 is 5.63. The molecule has 108 valence electrons. The summed E-state index contributed by atoms with van der Waals surface area (Å²) >= 11 is 7.63. The van der Waals surface area contributed by atoms with E-state index in [1.807, 2.05) is 32.0 Å². The van der Waals surface area contributed by atoms with E-state index in [-0.39, 0.29) is 0 Å². The molecule has 0 aliphatic rings. The number of aryl methyl sites for hydroxylation is 2. The van der Waals surface area contributed by atoms with E-state index in [1.165, 1.54) is 17.3 Å². The summed E-state index contributed by atoms with van der Waals surface area (Å²) in [5.74, 6) is 0.868. The molecular formula is C15H19ClN2OS. The first-order valence-corrected chi connectivity index (χ1v) is 7.90. The number of oxazole rings is 1. The van der Waals surface area contributed by atoms with Crippen molar-refractivity contribution in [2.75, 3.05) is 6.54 Å². The summed E-state index contributed by atoms with van der Waals surface area (Å²) in [4.78, 5) is 5.53. The van der Waals surface area contributed by atoms with Crippen LogP contribution in [0.5, 0.6) is 0 Å². The van der Waals surface area contributed by atoms with E-state index in [0.29, 0.717) is 5.22 Å². The molecule has 0 bridgehead atoms. The molecule has 2 rings (SSSR count). The Balaban J connectivity index is 2.17. The van der Waals surface area contributed by atoms with Crippen LogP contribution in [-0.4, -0.2) is 11.5 Å². The molecule has 0 saturated heterocycles. The lowest BCUT2D eigenvalue weighted by molar-refractivity contribution is 0.431. The smallest absolute Gasteiger partial charge is 0.261 e. The Morgan fingerprint density at radius 3 is 2.80 bits per heavy atom. The predicted molar refractivity (Wildman–Crippen MR) is 83.5 cm³/mol. The minimum absolute atomic E-state index is 0.680. The molecule has 0 saturated carbocycles. The first-order chi connectivity index (χ1) is 9.60. The van der Waals surface area contributed by atoms with Gasteiger partial charge in [-0.05, 0) is 62.3 Å². The number of hydrogen-bond donors (Lipinski definition) is 1. The van der Waals surface area contributed by atoms with E-state index in [0.717, 1.165) is 40.9 Å². The summed E-state index contributed by atoms with van der Waals surface area (Å²) in [6.45, 7) is 7.83. The predicted octanol–water partition coefficient (Wildman–Crippen LogP) is 4.60. The number of benzene rings is 1. The molecule has 20 heavy (non-hydrogen) atoms. The molecule has 0 aliphatic carbocycles. The summed E-state index contributed by atoms with van der Waals surface area (Å²) in [6.07, 6.45) is 1.11. The van der Waals surface area contributed by atoms with Crippen molar-refractivity contribution in [1.29, 1.82) is 0 Å². The van der Waals surface area contributed by atoms with Crippen molar-refractivity contribution >= 4 is 23.4 Å². The van der Waals surface area contributed by atoms with Crippen molar-refractivity contribution in [1.82, 2.24) is 10.3 Å². The summed E-state index contributed by atoms with van der Waals surface area (Å²) in [5.41, 5.74) is 2.11. The fraction of sp³-hybridized carbons (Fsp3) is 0.400. The maximum atomic E-state index is 6.09. The topological polar surface area (TPSA) is 38.1 Å². The number of halogens is 1. The van der Waals surface area contributed by atoms with Gasteiger partial charge in [-0.3, -0.25) is 0 Å². The van der Waals surface area contributed by atoms with Crippen LogP contribution >= 0.6 is 23.4 Å². The van der Waals surface area contributed by atoms with Gasteiger partial charge in [0.2, 0.25) is 0 Å². The average molecular weight is 311 g/mol. The SMILES string of the molecule is CCCNCc1cc(Cl)ccc1Sc1nc(C)c(C)o1. The van der Waals surface area contributed by atoms with Crippen molar-refractivity contribution < 1.29 is 4.42 Å². The van der Waals surface area contributed by atoms with Gasteiger partial charge in [-0.15, -0.1) is 0 Å². The van der Waals surface area contributed by atoms with Gasteiger partial charge in [0.25, 0.3) is 5.22 Å². The van der Waals surface area contributed by atoms with Gasteiger partial charge in [0.1, 0.15) is 5.76 Å². The van der Waals surface area contributed by atoms with Crippen LogP contribution in [0.1, 0.15) is 30.4 Å². The number of aromatic nitrogens is 1. The molecule has 1 aromatic carbocycles. The fourth-order valence-corrected chi connectivity index (χ4v) is 2.90. The van der Waals surface area contributed by atoms with E-state index in [9.17, 15) is 0 Å². The Kier molecular flexibility index (Phi) is 5.52. The van der Waals surface area contributed by atoms with Gasteiger partial charge >= 0.3 is 0 Å². The summed E-state index contributed by atoms with van der Waals surface area (Å²) in [7, 11) is 0. The van der Waals surface area contributed by atoms with Crippen LogP contribution < -0.4 is 5.32 Å². The third-order valence-corrected chi connectivity index (χ3v) is 4.17. The molecular weight excluding hydrogens is 292 g/mol. The molecule has 0 fully saturated rings. The Hall–Kier alpha value is -0.970. The fourth-order valence-electron chi connectivity index (χ4n) is 1.77. The minimum Gasteiger partial charge on any atom is -0.436 e. The molecule has 0 radical (unpaired) electrons. The monoisotopic (exact) mass is 310 g/mol. The van der Waals surface area contributed by atoms with Crippen LogP contribution in [-0.2, 0) is 6.54 Å². The highest BCUT2D eigenvalue weighted by Gasteiger charge is 2.11. The van der Waals surface area contributed by atoms with E-state index < -0.39 is 0 Å². The molecule has 0 atom stereocenters. The van der Waals surface area contributed by atoms with Gasteiger partial charge in [-0.1, -0.05) is 18.5 Å². The second kappa shape index (κ2) is 7.16. The number of nitrogens with zero attached hydrogens (tertiary/aromatic N) is 1. The largest absolute Gasteiger partial charge is 0.436 e. The van der Waals surface area contributed by atoms with Crippen LogP contribution in [0.3, 0.4) is 0 Å². The van der Waals surface area contributed by atoms with Gasteiger partial charge < -0.3 is 9.73 Å². The zero-order valence-corrected chi connectivity index (χ0v) is 13.6. The Morgan fingerprint density at radius 1 is 1.35 bits per heavy atom. The molecule has 0 unspecified atom stereocenters. The van der Waals surface area contributed by atoms with Crippen molar-refractivity contribution in [2.24, 2.45) is 0 Å². The molecule has 0 aliphatic heterocycles. The van der Waals surface area contributed by atoms with Gasteiger partial charge in [0.15, 0.2) is 0 Å². The Labute approximate surface area is 129 Å². The summed E-state index contributed by atoms with van der Waals surface area (Å²) in [5, 5.41) is 4.83. The third-order valence-electron chi connectivity index (χ3n) is 2.97. The number of rotatable bonds is 6. The van der Waals surface area contributed by atoms with Gasteiger partial charge in [-0.25, -0.2) is 4.98 Å². The van der Waals surface area contributed by atoms with Gasteiger partial charge in [-0.2, -0.15) is 0 Å². The third kappa shape index (κ3) is 4.01. The van der Waals surface area contributed by atoms with E-state index in [1.54, 1.807) is 0 Å². The Bertz CT molecular complexity index is 564. The van der Waals surface area contributed by atoms with Crippen molar-refractivity contribution in [3.05, 3.63) is 40.2 Å². The van der Waals surface area contributed by atoms with Crippen LogP contribution in [0.2, 0.25) is 5.02 Å². The highest BCUT2D eigenvalue weighted by molar-refractivity contribution is 7.99. The van der Waals surface area contributed by atoms with Crippen molar-refractivity contribution in [2.45, 2.75) is 43.9 Å². The first-order valence-electron chi connectivity index (χ1n) is 6.71. The quantitative estimate of drug-likeness (QED) is 0.792. The normalized spacial score (nSPS) is 11.0. The van der Waals surface area contributed by atoms with Crippen LogP contribution in [0, 0.1) is 13.8 Å². The molecule has 1 N–H and O–H groups in total. The molecule has 0 spiro atoms. The van der Waals surface area contributed by atoms with Crippen LogP contribution in [0.4, 0.5) is 0 Å². The van der Waals surface area contributed by atoms with Crippen LogP contribution in [0.15, 0.2) is 32.7 Å². The number of nitrogens with one attached hydrogen (secondary N) is 1. The lowest BCUT2D eigenvalue weighted by Crippen LogP contribution is -2.14. The first kappa shape index (κ1) is 15.4. The van der Waals surface area contributed by atoms with Gasteiger partial charge in [0, 0.05) is 16.5 Å². The van der Waals surface area contributed by atoms with E-state index >= 15 is 0 Å². The minimum atomic E-state index is 0.680. The zero-order chi connectivity index (χ0) is 14.5. The molecule has 2 aromatic rings. The maximum Gasteiger partial charge on any atom is 0.261 e. The molecule has 3 nitrogen and oxygen atoms in total. The zero-order valence-electron chi connectivity index (χ0n) is 12.0. The maximum absolute atomic E-state index is 6.09. The van der Waals surface area contributed by atoms with Crippen molar-refractivity contribution in [3.8, 4) is 0 Å². The summed E-state index contributed by atoms with van der Waals surface area (Å²) in [6, 6.07) is 5.91. The lowest BCUT2D eigenvalue weighted by Gasteiger charge is -2.09. The van der Waals surface area contributed by atoms with Crippen molar-refractivity contribution in [3.63, 3.8) is 0 Å². The standard InChI is InChI=1S/C15H19ClN2OS/c1-4-7-17-9-12-8-13(16)5-6-14(12)20-15-18-10(2)11(3)19-15/h5-6,8,17H,4,7,9H2,1-3H3. The van der Waals surface area contributed by atoms with Crippen LogP contribution in [0.25, 0.3) is 0 Å².